The zero-order valence-electron chi connectivity index (χ0n) is 18.8. The molecule has 1 atom stereocenters. The number of para-hydroxylation sites is 1. The van der Waals surface area contributed by atoms with Crippen LogP contribution in [0.2, 0.25) is 0 Å². The Morgan fingerprint density at radius 2 is 1.76 bits per heavy atom. The number of fused-ring (bicyclic) bond motifs is 1. The van der Waals surface area contributed by atoms with Gasteiger partial charge >= 0.3 is 12.1 Å². The first kappa shape index (κ1) is 25.4. The van der Waals surface area contributed by atoms with E-state index in [9.17, 15) is 18.0 Å². The SMILES string of the molecule is COc1cccc(CN2CCN(C(=O)C3COc4ccccc4C3)CC2)c1.O=C(O)C(F)(F)F. The third kappa shape index (κ3) is 6.86. The fraction of sp³-hybridized carbons (Fsp3) is 0.417. The summed E-state index contributed by atoms with van der Waals surface area (Å²) in [6.07, 6.45) is -4.31. The van der Waals surface area contributed by atoms with Crippen LogP contribution >= 0.6 is 0 Å². The molecule has 1 saturated heterocycles. The van der Waals surface area contributed by atoms with Crippen LogP contribution in [0.25, 0.3) is 0 Å². The summed E-state index contributed by atoms with van der Waals surface area (Å²) in [5.41, 5.74) is 2.38. The molecule has 1 unspecified atom stereocenters. The number of nitrogens with zero attached hydrogens (tertiary/aromatic N) is 2. The number of carboxylic acids is 1. The number of aliphatic carboxylic acids is 1. The molecular formula is C24H27F3N2O5. The molecule has 4 rings (SSSR count). The molecule has 2 aliphatic heterocycles. The lowest BCUT2D eigenvalue weighted by atomic mass is 9.95. The Hall–Kier alpha value is -3.27. The minimum Gasteiger partial charge on any atom is -0.497 e. The molecular weight excluding hydrogens is 453 g/mol. The summed E-state index contributed by atoms with van der Waals surface area (Å²) in [6, 6.07) is 16.2. The maximum atomic E-state index is 12.9. The van der Waals surface area contributed by atoms with Gasteiger partial charge in [0.05, 0.1) is 13.0 Å². The average Bonchev–Trinajstić information content (AvgIpc) is 2.83. The van der Waals surface area contributed by atoms with Gasteiger partial charge in [0.15, 0.2) is 0 Å². The molecule has 2 heterocycles. The average molecular weight is 480 g/mol. The number of rotatable bonds is 4. The first-order chi connectivity index (χ1) is 16.2. The number of carbonyl (C=O) groups excluding carboxylic acids is 1. The van der Waals surface area contributed by atoms with Crippen molar-refractivity contribution in [1.29, 1.82) is 0 Å². The van der Waals surface area contributed by atoms with Gasteiger partial charge in [-0.3, -0.25) is 9.69 Å². The predicted octanol–water partition coefficient (Wildman–Crippen LogP) is 3.22. The van der Waals surface area contributed by atoms with E-state index in [1.807, 2.05) is 35.2 Å². The van der Waals surface area contributed by atoms with Crippen LogP contribution in [0.1, 0.15) is 11.1 Å². The second-order valence-electron chi connectivity index (χ2n) is 8.08. The van der Waals surface area contributed by atoms with Crippen LogP contribution in [0.15, 0.2) is 48.5 Å². The van der Waals surface area contributed by atoms with Crippen molar-refractivity contribution in [3.8, 4) is 11.5 Å². The van der Waals surface area contributed by atoms with Crippen LogP contribution in [0.3, 0.4) is 0 Å². The summed E-state index contributed by atoms with van der Waals surface area (Å²) in [4.78, 5) is 26.2. The molecule has 2 aromatic rings. The maximum absolute atomic E-state index is 12.9. The predicted molar refractivity (Wildman–Crippen MR) is 118 cm³/mol. The first-order valence-electron chi connectivity index (χ1n) is 10.8. The summed E-state index contributed by atoms with van der Waals surface area (Å²) >= 11 is 0. The Morgan fingerprint density at radius 3 is 2.41 bits per heavy atom. The number of methoxy groups -OCH3 is 1. The van der Waals surface area contributed by atoms with Crippen molar-refractivity contribution in [3.05, 3.63) is 59.7 Å². The number of piperazine rings is 1. The topological polar surface area (TPSA) is 79.3 Å². The van der Waals surface area contributed by atoms with E-state index in [1.54, 1.807) is 7.11 Å². The van der Waals surface area contributed by atoms with Crippen molar-refractivity contribution < 1.29 is 37.3 Å². The second kappa shape index (κ2) is 11.2. The summed E-state index contributed by atoms with van der Waals surface area (Å²) in [5, 5.41) is 7.12. The number of ether oxygens (including phenoxy) is 2. The molecule has 0 bridgehead atoms. The third-order valence-corrected chi connectivity index (χ3v) is 5.69. The molecule has 2 aliphatic rings. The van der Waals surface area contributed by atoms with Gasteiger partial charge < -0.3 is 19.5 Å². The molecule has 0 aromatic heterocycles. The van der Waals surface area contributed by atoms with Gasteiger partial charge in [0.25, 0.3) is 0 Å². The van der Waals surface area contributed by atoms with Gasteiger partial charge in [0.2, 0.25) is 5.91 Å². The highest BCUT2D eigenvalue weighted by Gasteiger charge is 2.38. The first-order valence-corrected chi connectivity index (χ1v) is 10.8. The van der Waals surface area contributed by atoms with Crippen molar-refractivity contribution in [1.82, 2.24) is 9.80 Å². The van der Waals surface area contributed by atoms with Gasteiger partial charge in [-0.25, -0.2) is 4.79 Å². The maximum Gasteiger partial charge on any atom is 0.490 e. The molecule has 0 aliphatic carbocycles. The zero-order valence-corrected chi connectivity index (χ0v) is 18.8. The summed E-state index contributed by atoms with van der Waals surface area (Å²) in [6.45, 7) is 4.72. The van der Waals surface area contributed by atoms with E-state index < -0.39 is 12.1 Å². The Bertz CT molecular complexity index is 991. The molecule has 1 amide bonds. The van der Waals surface area contributed by atoms with Gasteiger partial charge in [-0.2, -0.15) is 13.2 Å². The molecule has 10 heteroatoms. The molecule has 34 heavy (non-hydrogen) atoms. The van der Waals surface area contributed by atoms with E-state index in [2.05, 4.69) is 23.1 Å². The van der Waals surface area contributed by atoms with E-state index in [0.29, 0.717) is 6.61 Å². The van der Waals surface area contributed by atoms with E-state index in [1.165, 1.54) is 5.56 Å². The van der Waals surface area contributed by atoms with Crippen LogP contribution in [-0.2, 0) is 22.6 Å². The number of halogens is 3. The van der Waals surface area contributed by atoms with Crippen LogP contribution in [0.5, 0.6) is 11.5 Å². The number of alkyl halides is 3. The van der Waals surface area contributed by atoms with Gasteiger partial charge in [-0.15, -0.1) is 0 Å². The van der Waals surface area contributed by atoms with Crippen LogP contribution in [0, 0.1) is 5.92 Å². The minimum absolute atomic E-state index is 0.0650. The highest BCUT2D eigenvalue weighted by molar-refractivity contribution is 5.80. The third-order valence-electron chi connectivity index (χ3n) is 5.69. The van der Waals surface area contributed by atoms with Gasteiger partial charge in [-0.05, 0) is 35.7 Å². The Kier molecular flexibility index (Phi) is 8.38. The molecule has 184 valence electrons. The summed E-state index contributed by atoms with van der Waals surface area (Å²) in [7, 11) is 1.69. The van der Waals surface area contributed by atoms with E-state index in [4.69, 9.17) is 19.4 Å². The van der Waals surface area contributed by atoms with Crippen LogP contribution < -0.4 is 9.47 Å². The molecule has 0 saturated carbocycles. The number of amides is 1. The van der Waals surface area contributed by atoms with E-state index >= 15 is 0 Å². The lowest BCUT2D eigenvalue weighted by molar-refractivity contribution is -0.192. The number of benzene rings is 2. The molecule has 0 spiro atoms. The summed E-state index contributed by atoms with van der Waals surface area (Å²) in [5.74, 6) is -0.786. The zero-order chi connectivity index (χ0) is 24.7. The quantitative estimate of drug-likeness (QED) is 0.724. The molecule has 1 N–H and O–H groups in total. The minimum atomic E-state index is -5.08. The largest absolute Gasteiger partial charge is 0.497 e. The summed E-state index contributed by atoms with van der Waals surface area (Å²) < 4.78 is 42.8. The van der Waals surface area contributed by atoms with Gasteiger partial charge in [-0.1, -0.05) is 30.3 Å². The van der Waals surface area contributed by atoms with Gasteiger partial charge in [0.1, 0.15) is 18.1 Å². The normalized spacial score (nSPS) is 18.1. The number of hydrogen-bond donors (Lipinski definition) is 1. The van der Waals surface area contributed by atoms with Crippen molar-refractivity contribution in [2.24, 2.45) is 5.92 Å². The molecule has 1 fully saturated rings. The highest BCUT2D eigenvalue weighted by Crippen LogP contribution is 2.28. The van der Waals surface area contributed by atoms with Crippen LogP contribution in [0.4, 0.5) is 13.2 Å². The van der Waals surface area contributed by atoms with E-state index in [0.717, 1.165) is 56.2 Å². The molecule has 7 nitrogen and oxygen atoms in total. The Morgan fingerprint density at radius 1 is 1.09 bits per heavy atom. The molecule has 2 aromatic carbocycles. The Labute approximate surface area is 195 Å². The second-order valence-corrected chi connectivity index (χ2v) is 8.08. The van der Waals surface area contributed by atoms with Crippen molar-refractivity contribution >= 4 is 11.9 Å². The fourth-order valence-electron chi connectivity index (χ4n) is 3.90. The van der Waals surface area contributed by atoms with Crippen molar-refractivity contribution in [2.45, 2.75) is 19.1 Å². The number of carbonyl (C=O) groups is 2. The Balaban J connectivity index is 0.000000406. The monoisotopic (exact) mass is 480 g/mol. The standard InChI is InChI=1S/C22H26N2O3.C2HF3O2/c1-26-20-7-4-5-17(13-20)15-23-9-11-24(12-10-23)22(25)19-14-18-6-2-3-8-21(18)27-16-19;3-2(4,5)1(6)7/h2-8,13,19H,9-12,14-16H2,1H3;(H,6,7). The molecule has 0 radical (unpaired) electrons. The smallest absolute Gasteiger partial charge is 0.490 e. The van der Waals surface area contributed by atoms with Gasteiger partial charge in [0, 0.05) is 32.7 Å². The fourth-order valence-corrected chi connectivity index (χ4v) is 3.90. The lowest BCUT2D eigenvalue weighted by Gasteiger charge is -2.37. The van der Waals surface area contributed by atoms with Crippen molar-refractivity contribution in [2.75, 3.05) is 39.9 Å². The van der Waals surface area contributed by atoms with E-state index in [-0.39, 0.29) is 11.8 Å². The van der Waals surface area contributed by atoms with Crippen LogP contribution in [-0.4, -0.2) is 72.9 Å². The van der Waals surface area contributed by atoms with Crippen molar-refractivity contribution in [3.63, 3.8) is 0 Å². The lowest BCUT2D eigenvalue weighted by Crippen LogP contribution is -2.51. The number of hydrogen-bond acceptors (Lipinski definition) is 5. The number of carboxylic acid groups (broad SMARTS) is 1. The highest BCUT2D eigenvalue weighted by atomic mass is 19.4.